The first-order chi connectivity index (χ1) is 16.4. The number of benzene rings is 1. The summed E-state index contributed by atoms with van der Waals surface area (Å²) in [6.45, 7) is 7.24. The van der Waals surface area contributed by atoms with Crippen molar-refractivity contribution < 1.29 is 27.9 Å². The second-order valence-corrected chi connectivity index (χ2v) is 9.80. The molecular weight excluding hydrogens is 461 g/mol. The number of aryl methyl sites for hydroxylation is 1. The van der Waals surface area contributed by atoms with E-state index in [0.717, 1.165) is 26.1 Å². The standard InChI is InChI=1S/C23H32N4O.C2HF3O2/c1-17(2)25-22(28)12-19-13-23(21-7-5-4-6-20(19)21)8-10-27(11-9-23)16-18-14-24-26(3)15-18;3-2(4,5)1(6)7/h4-7,14-15,17,19H,8-13,16H2,1-3H3,(H,25,28);(H,6,7). The number of aliphatic carboxylic acids is 1. The number of carbonyl (C=O) groups excluding carboxylic acids is 1. The summed E-state index contributed by atoms with van der Waals surface area (Å²) in [5, 5.41) is 14.5. The molecule has 0 saturated carbocycles. The van der Waals surface area contributed by atoms with Gasteiger partial charge in [-0.25, -0.2) is 4.79 Å². The van der Waals surface area contributed by atoms with Crippen LogP contribution in [0.25, 0.3) is 0 Å². The van der Waals surface area contributed by atoms with Gasteiger partial charge in [-0.3, -0.25) is 14.4 Å². The molecule has 1 aliphatic heterocycles. The van der Waals surface area contributed by atoms with E-state index in [1.165, 1.54) is 29.5 Å². The van der Waals surface area contributed by atoms with Crippen molar-refractivity contribution in [1.82, 2.24) is 20.0 Å². The van der Waals surface area contributed by atoms with Gasteiger partial charge in [0.15, 0.2) is 0 Å². The number of amides is 1. The molecule has 7 nitrogen and oxygen atoms in total. The Balaban J connectivity index is 0.000000429. The Bertz CT molecular complexity index is 1030. The van der Waals surface area contributed by atoms with Crippen LogP contribution in [0.15, 0.2) is 36.7 Å². The van der Waals surface area contributed by atoms with Gasteiger partial charge >= 0.3 is 12.1 Å². The molecule has 2 N–H and O–H groups in total. The second-order valence-electron chi connectivity index (χ2n) is 9.80. The molecule has 2 aromatic rings. The molecule has 192 valence electrons. The predicted octanol–water partition coefficient (Wildman–Crippen LogP) is 3.99. The number of rotatable bonds is 5. The van der Waals surface area contributed by atoms with Gasteiger partial charge in [0.1, 0.15) is 0 Å². The normalized spacial score (nSPS) is 19.2. The van der Waals surface area contributed by atoms with Crippen LogP contribution >= 0.6 is 0 Å². The quantitative estimate of drug-likeness (QED) is 0.657. The summed E-state index contributed by atoms with van der Waals surface area (Å²) in [6, 6.07) is 9.06. The summed E-state index contributed by atoms with van der Waals surface area (Å²) >= 11 is 0. The van der Waals surface area contributed by atoms with Crippen molar-refractivity contribution in [3.05, 3.63) is 53.3 Å². The topological polar surface area (TPSA) is 87.5 Å². The third-order valence-corrected chi connectivity index (χ3v) is 6.71. The lowest BCUT2D eigenvalue weighted by Crippen LogP contribution is -2.41. The molecule has 4 rings (SSSR count). The van der Waals surface area contributed by atoms with Crippen LogP contribution in [-0.2, 0) is 28.6 Å². The molecule has 2 aliphatic rings. The molecule has 1 unspecified atom stereocenters. The average molecular weight is 495 g/mol. The predicted molar refractivity (Wildman–Crippen MR) is 125 cm³/mol. The third-order valence-electron chi connectivity index (χ3n) is 6.71. The summed E-state index contributed by atoms with van der Waals surface area (Å²) in [5.41, 5.74) is 4.43. The van der Waals surface area contributed by atoms with E-state index >= 15 is 0 Å². The van der Waals surface area contributed by atoms with Crippen molar-refractivity contribution >= 4 is 11.9 Å². The van der Waals surface area contributed by atoms with Gasteiger partial charge in [-0.15, -0.1) is 0 Å². The van der Waals surface area contributed by atoms with Crippen LogP contribution in [-0.4, -0.2) is 57.0 Å². The fourth-order valence-corrected chi connectivity index (χ4v) is 5.24. The molecule has 1 atom stereocenters. The zero-order valence-electron chi connectivity index (χ0n) is 20.3. The minimum absolute atomic E-state index is 0.181. The van der Waals surface area contributed by atoms with Crippen molar-refractivity contribution in [2.24, 2.45) is 7.05 Å². The number of fused-ring (bicyclic) bond motifs is 2. The molecule has 35 heavy (non-hydrogen) atoms. The minimum Gasteiger partial charge on any atom is -0.475 e. The Morgan fingerprint density at radius 1 is 1.23 bits per heavy atom. The van der Waals surface area contributed by atoms with Crippen LogP contribution in [0.3, 0.4) is 0 Å². The first kappa shape index (κ1) is 26.7. The Labute approximate surface area is 203 Å². The van der Waals surface area contributed by atoms with Gasteiger partial charge < -0.3 is 10.4 Å². The number of nitrogens with zero attached hydrogens (tertiary/aromatic N) is 3. The maximum absolute atomic E-state index is 12.4. The number of carbonyl (C=O) groups is 2. The number of carboxylic acid groups (broad SMARTS) is 1. The van der Waals surface area contributed by atoms with Gasteiger partial charge in [-0.05, 0) is 68.7 Å². The van der Waals surface area contributed by atoms with Crippen molar-refractivity contribution in [2.45, 2.75) is 69.6 Å². The molecule has 1 aromatic heterocycles. The Morgan fingerprint density at radius 3 is 2.40 bits per heavy atom. The van der Waals surface area contributed by atoms with Gasteiger partial charge in [0.25, 0.3) is 0 Å². The number of piperidine rings is 1. The van der Waals surface area contributed by atoms with Crippen LogP contribution in [0.1, 0.15) is 62.1 Å². The Kier molecular flexibility index (Phi) is 8.25. The lowest BCUT2D eigenvalue weighted by molar-refractivity contribution is -0.192. The molecule has 1 saturated heterocycles. The fourth-order valence-electron chi connectivity index (χ4n) is 5.24. The third kappa shape index (κ3) is 6.84. The lowest BCUT2D eigenvalue weighted by atomic mass is 9.73. The number of nitrogens with one attached hydrogen (secondary N) is 1. The van der Waals surface area contributed by atoms with Crippen LogP contribution in [0.2, 0.25) is 0 Å². The second kappa shape index (κ2) is 10.8. The Hall–Kier alpha value is -2.88. The van der Waals surface area contributed by atoms with Crippen molar-refractivity contribution in [2.75, 3.05) is 13.1 Å². The zero-order chi connectivity index (χ0) is 25.8. The summed E-state index contributed by atoms with van der Waals surface area (Å²) in [4.78, 5) is 23.9. The molecule has 0 radical (unpaired) electrons. The number of hydrogen-bond acceptors (Lipinski definition) is 4. The monoisotopic (exact) mass is 494 g/mol. The highest BCUT2D eigenvalue weighted by Gasteiger charge is 2.45. The first-order valence-corrected chi connectivity index (χ1v) is 11.8. The number of halogens is 3. The van der Waals surface area contributed by atoms with E-state index in [4.69, 9.17) is 9.90 Å². The van der Waals surface area contributed by atoms with Crippen LogP contribution in [0.5, 0.6) is 0 Å². The summed E-state index contributed by atoms with van der Waals surface area (Å²) in [7, 11) is 1.97. The summed E-state index contributed by atoms with van der Waals surface area (Å²) < 4.78 is 33.6. The van der Waals surface area contributed by atoms with Crippen LogP contribution < -0.4 is 5.32 Å². The molecule has 1 spiro atoms. The number of likely N-dealkylation sites (tertiary alicyclic amines) is 1. The van der Waals surface area contributed by atoms with Crippen LogP contribution in [0, 0.1) is 0 Å². The largest absolute Gasteiger partial charge is 0.490 e. The number of alkyl halides is 3. The molecule has 1 aliphatic carbocycles. The van der Waals surface area contributed by atoms with Crippen molar-refractivity contribution in [1.29, 1.82) is 0 Å². The summed E-state index contributed by atoms with van der Waals surface area (Å²) in [6.07, 6.45) is 3.06. The molecule has 1 aromatic carbocycles. The highest BCUT2D eigenvalue weighted by atomic mass is 19.4. The smallest absolute Gasteiger partial charge is 0.475 e. The van der Waals surface area contributed by atoms with E-state index in [0.29, 0.717) is 12.3 Å². The number of carboxylic acids is 1. The lowest BCUT2D eigenvalue weighted by Gasteiger charge is -2.40. The first-order valence-electron chi connectivity index (χ1n) is 11.8. The van der Waals surface area contributed by atoms with Gasteiger partial charge in [0.2, 0.25) is 5.91 Å². The average Bonchev–Trinajstić information content (AvgIpc) is 3.30. The molecule has 1 fully saturated rings. The van der Waals surface area contributed by atoms with E-state index in [9.17, 15) is 18.0 Å². The van der Waals surface area contributed by atoms with Gasteiger partial charge in [0.05, 0.1) is 6.20 Å². The molecular formula is C25H33F3N4O3. The molecule has 2 heterocycles. The number of aromatic nitrogens is 2. The maximum atomic E-state index is 12.4. The van der Waals surface area contributed by atoms with E-state index in [2.05, 4.69) is 45.8 Å². The van der Waals surface area contributed by atoms with E-state index in [1.807, 2.05) is 31.8 Å². The van der Waals surface area contributed by atoms with Crippen molar-refractivity contribution in [3.63, 3.8) is 0 Å². The fraction of sp³-hybridized carbons (Fsp3) is 0.560. The zero-order valence-corrected chi connectivity index (χ0v) is 20.3. The van der Waals surface area contributed by atoms with E-state index < -0.39 is 12.1 Å². The molecule has 0 bridgehead atoms. The van der Waals surface area contributed by atoms with Gasteiger partial charge in [-0.1, -0.05) is 24.3 Å². The SMILES string of the molecule is CC(C)NC(=O)CC1CC2(CCN(Cc3cnn(C)c3)CC2)c2ccccc21.O=C(O)C(F)(F)F. The van der Waals surface area contributed by atoms with Crippen molar-refractivity contribution in [3.8, 4) is 0 Å². The number of hydrogen-bond donors (Lipinski definition) is 2. The highest BCUT2D eigenvalue weighted by molar-refractivity contribution is 5.77. The highest BCUT2D eigenvalue weighted by Crippen LogP contribution is 2.52. The Morgan fingerprint density at radius 2 is 1.86 bits per heavy atom. The molecule has 10 heteroatoms. The van der Waals surface area contributed by atoms with E-state index in [-0.39, 0.29) is 17.4 Å². The molecule has 1 amide bonds. The summed E-state index contributed by atoms with van der Waals surface area (Å²) in [5.74, 6) is -2.23. The van der Waals surface area contributed by atoms with E-state index in [1.54, 1.807) is 0 Å². The minimum atomic E-state index is -5.08. The maximum Gasteiger partial charge on any atom is 0.490 e. The van der Waals surface area contributed by atoms with Gasteiger partial charge in [-0.2, -0.15) is 18.3 Å². The van der Waals surface area contributed by atoms with Crippen LogP contribution in [0.4, 0.5) is 13.2 Å². The van der Waals surface area contributed by atoms with Gasteiger partial charge in [0, 0.05) is 37.8 Å².